The quantitative estimate of drug-likeness (QED) is 0.826. The summed E-state index contributed by atoms with van der Waals surface area (Å²) >= 11 is 3.21. The van der Waals surface area contributed by atoms with Gasteiger partial charge in [0, 0.05) is 17.1 Å². The predicted molar refractivity (Wildman–Crippen MR) is 76.0 cm³/mol. The number of hydrogen-bond donors (Lipinski definition) is 2. The third-order valence-electron chi connectivity index (χ3n) is 2.78. The molecule has 21 heavy (non-hydrogen) atoms. The lowest BCUT2D eigenvalue weighted by molar-refractivity contribution is 0.0946. The number of benzene rings is 2. The van der Waals surface area contributed by atoms with Crippen molar-refractivity contribution in [3.63, 3.8) is 0 Å². The number of amides is 1. The van der Waals surface area contributed by atoms with Gasteiger partial charge in [-0.05, 0) is 29.8 Å². The summed E-state index contributed by atoms with van der Waals surface area (Å²) in [5.74, 6) is -3.18. The largest absolute Gasteiger partial charge is 0.396 e. The van der Waals surface area contributed by atoms with Crippen molar-refractivity contribution in [1.82, 2.24) is 5.32 Å². The highest BCUT2D eigenvalue weighted by molar-refractivity contribution is 9.10. The lowest BCUT2D eigenvalue weighted by Gasteiger charge is -2.09. The second-order valence-electron chi connectivity index (χ2n) is 4.27. The summed E-state index contributed by atoms with van der Waals surface area (Å²) in [7, 11) is 0. The van der Waals surface area contributed by atoms with Crippen LogP contribution < -0.4 is 11.1 Å². The Labute approximate surface area is 127 Å². The Morgan fingerprint density at radius 3 is 2.57 bits per heavy atom. The van der Waals surface area contributed by atoms with Gasteiger partial charge in [0.25, 0.3) is 5.91 Å². The summed E-state index contributed by atoms with van der Waals surface area (Å²) in [6.07, 6.45) is 0. The molecule has 0 saturated heterocycles. The minimum absolute atomic E-state index is 0.0199. The van der Waals surface area contributed by atoms with Crippen molar-refractivity contribution in [2.24, 2.45) is 0 Å². The van der Waals surface area contributed by atoms with E-state index in [2.05, 4.69) is 21.2 Å². The molecule has 0 spiro atoms. The Bertz CT molecular complexity index is 707. The fraction of sp³-hybridized carbons (Fsp3) is 0.0714. The summed E-state index contributed by atoms with van der Waals surface area (Å²) < 4.78 is 40.3. The number of nitrogen functional groups attached to an aromatic ring is 1. The molecule has 0 aliphatic carbocycles. The topological polar surface area (TPSA) is 55.1 Å². The van der Waals surface area contributed by atoms with Gasteiger partial charge in [0.2, 0.25) is 0 Å². The standard InChI is InChI=1S/C14H10BrF3N2O/c15-10-2-1-8(16)3-7(10)6-20-14(21)9-4-13(19)12(18)5-11(9)17/h1-5H,6,19H2,(H,20,21). The van der Waals surface area contributed by atoms with Crippen molar-refractivity contribution in [3.05, 3.63) is 63.4 Å². The second-order valence-corrected chi connectivity index (χ2v) is 5.13. The van der Waals surface area contributed by atoms with E-state index in [0.29, 0.717) is 16.1 Å². The van der Waals surface area contributed by atoms with Crippen LogP contribution in [0.1, 0.15) is 15.9 Å². The number of anilines is 1. The molecule has 3 nitrogen and oxygen atoms in total. The molecule has 0 heterocycles. The average Bonchev–Trinajstić information content (AvgIpc) is 2.43. The van der Waals surface area contributed by atoms with Gasteiger partial charge in [-0.25, -0.2) is 13.2 Å². The van der Waals surface area contributed by atoms with Crippen LogP contribution in [-0.4, -0.2) is 5.91 Å². The predicted octanol–water partition coefficient (Wildman–Crippen LogP) is 3.38. The highest BCUT2D eigenvalue weighted by Crippen LogP contribution is 2.19. The summed E-state index contributed by atoms with van der Waals surface area (Å²) in [4.78, 5) is 11.9. The zero-order valence-electron chi connectivity index (χ0n) is 10.6. The van der Waals surface area contributed by atoms with Gasteiger partial charge < -0.3 is 11.1 Å². The molecule has 0 unspecified atom stereocenters. The molecule has 0 fully saturated rings. The Morgan fingerprint density at radius 2 is 1.86 bits per heavy atom. The number of nitrogens with two attached hydrogens (primary N) is 1. The van der Waals surface area contributed by atoms with E-state index in [1.165, 1.54) is 18.2 Å². The molecular formula is C14H10BrF3N2O. The zero-order chi connectivity index (χ0) is 15.6. The molecule has 0 aliphatic heterocycles. The summed E-state index contributed by atoms with van der Waals surface area (Å²) in [5, 5.41) is 2.42. The van der Waals surface area contributed by atoms with Gasteiger partial charge in [0.1, 0.15) is 17.5 Å². The van der Waals surface area contributed by atoms with Gasteiger partial charge >= 0.3 is 0 Å². The second kappa shape index (κ2) is 6.17. The lowest BCUT2D eigenvalue weighted by atomic mass is 10.1. The molecule has 0 aliphatic rings. The summed E-state index contributed by atoms with van der Waals surface area (Å²) in [6, 6.07) is 5.45. The van der Waals surface area contributed by atoms with Crippen molar-refractivity contribution in [2.75, 3.05) is 5.73 Å². The molecular weight excluding hydrogens is 349 g/mol. The fourth-order valence-electron chi connectivity index (χ4n) is 1.69. The number of carbonyl (C=O) groups excluding carboxylic acids is 1. The van der Waals surface area contributed by atoms with E-state index in [9.17, 15) is 18.0 Å². The Hall–Kier alpha value is -2.02. The number of rotatable bonds is 3. The molecule has 0 aromatic heterocycles. The Balaban J connectivity index is 2.15. The van der Waals surface area contributed by atoms with E-state index >= 15 is 0 Å². The maximum absolute atomic E-state index is 13.5. The van der Waals surface area contributed by atoms with Crippen LogP contribution in [0.25, 0.3) is 0 Å². The maximum atomic E-state index is 13.5. The molecule has 2 aromatic carbocycles. The highest BCUT2D eigenvalue weighted by Gasteiger charge is 2.15. The third kappa shape index (κ3) is 3.55. The third-order valence-corrected chi connectivity index (χ3v) is 3.55. The first kappa shape index (κ1) is 15.4. The van der Waals surface area contributed by atoms with Gasteiger partial charge in [-0.15, -0.1) is 0 Å². The summed E-state index contributed by atoms with van der Waals surface area (Å²) in [6.45, 7) is -0.0199. The SMILES string of the molecule is Nc1cc(C(=O)NCc2cc(F)ccc2Br)c(F)cc1F. The molecule has 2 aromatic rings. The van der Waals surface area contributed by atoms with Crippen LogP contribution in [0.4, 0.5) is 18.9 Å². The lowest BCUT2D eigenvalue weighted by Crippen LogP contribution is -2.24. The smallest absolute Gasteiger partial charge is 0.254 e. The highest BCUT2D eigenvalue weighted by atomic mass is 79.9. The summed E-state index contributed by atoms with van der Waals surface area (Å²) in [5.41, 5.74) is 5.09. The van der Waals surface area contributed by atoms with E-state index in [1.54, 1.807) is 0 Å². The zero-order valence-corrected chi connectivity index (χ0v) is 12.2. The Kier molecular flexibility index (Phi) is 4.52. The number of halogens is 4. The van der Waals surface area contributed by atoms with Gasteiger partial charge in [0.05, 0.1) is 11.3 Å². The van der Waals surface area contributed by atoms with Crippen LogP contribution in [0.15, 0.2) is 34.8 Å². The van der Waals surface area contributed by atoms with Crippen LogP contribution in [0.3, 0.4) is 0 Å². The number of nitrogens with one attached hydrogen (secondary N) is 1. The van der Waals surface area contributed by atoms with Crippen LogP contribution in [0, 0.1) is 17.5 Å². The molecule has 7 heteroatoms. The van der Waals surface area contributed by atoms with Crippen molar-refractivity contribution in [1.29, 1.82) is 0 Å². The molecule has 0 saturated carbocycles. The van der Waals surface area contributed by atoms with Crippen LogP contribution in [0.2, 0.25) is 0 Å². The van der Waals surface area contributed by atoms with Crippen LogP contribution in [0.5, 0.6) is 0 Å². The number of carbonyl (C=O) groups is 1. The molecule has 1 amide bonds. The van der Waals surface area contributed by atoms with E-state index in [0.717, 1.165) is 6.07 Å². The number of hydrogen-bond acceptors (Lipinski definition) is 2. The monoisotopic (exact) mass is 358 g/mol. The van der Waals surface area contributed by atoms with Gasteiger partial charge in [-0.1, -0.05) is 15.9 Å². The van der Waals surface area contributed by atoms with E-state index in [1.807, 2.05) is 0 Å². The van der Waals surface area contributed by atoms with Crippen molar-refractivity contribution < 1.29 is 18.0 Å². The van der Waals surface area contributed by atoms with Gasteiger partial charge in [-0.3, -0.25) is 4.79 Å². The minimum Gasteiger partial charge on any atom is -0.396 e. The van der Waals surface area contributed by atoms with Gasteiger partial charge in [-0.2, -0.15) is 0 Å². The van der Waals surface area contributed by atoms with Crippen LogP contribution >= 0.6 is 15.9 Å². The van der Waals surface area contributed by atoms with E-state index in [4.69, 9.17) is 5.73 Å². The van der Waals surface area contributed by atoms with Crippen molar-refractivity contribution in [2.45, 2.75) is 6.54 Å². The molecule has 110 valence electrons. The first-order valence-electron chi connectivity index (χ1n) is 5.85. The minimum atomic E-state index is -1.02. The molecule has 0 atom stereocenters. The average molecular weight is 359 g/mol. The Morgan fingerprint density at radius 1 is 1.14 bits per heavy atom. The van der Waals surface area contributed by atoms with E-state index < -0.39 is 23.4 Å². The molecule has 0 bridgehead atoms. The first-order valence-corrected chi connectivity index (χ1v) is 6.64. The fourth-order valence-corrected chi connectivity index (χ4v) is 2.08. The normalized spacial score (nSPS) is 10.5. The maximum Gasteiger partial charge on any atom is 0.254 e. The van der Waals surface area contributed by atoms with E-state index in [-0.39, 0.29) is 17.8 Å². The van der Waals surface area contributed by atoms with Crippen LogP contribution in [-0.2, 0) is 6.54 Å². The first-order chi connectivity index (χ1) is 9.88. The molecule has 2 rings (SSSR count). The van der Waals surface area contributed by atoms with Crippen molar-refractivity contribution >= 4 is 27.5 Å². The molecule has 0 radical (unpaired) electrons. The van der Waals surface area contributed by atoms with Gasteiger partial charge in [0.15, 0.2) is 0 Å². The van der Waals surface area contributed by atoms with Crippen molar-refractivity contribution in [3.8, 4) is 0 Å². The molecule has 3 N–H and O–H groups in total.